The second-order valence-electron chi connectivity index (χ2n) is 6.70. The lowest BCUT2D eigenvalue weighted by Gasteiger charge is -2.26. The zero-order valence-electron chi connectivity index (χ0n) is 12.1. The second kappa shape index (κ2) is 5.36. The van der Waals surface area contributed by atoms with Crippen LogP contribution in [0.2, 0.25) is 5.02 Å². The van der Waals surface area contributed by atoms with Gasteiger partial charge in [0.25, 0.3) is 0 Å². The summed E-state index contributed by atoms with van der Waals surface area (Å²) in [5.74, 6) is 3.77. The van der Waals surface area contributed by atoms with Crippen LogP contribution in [0.15, 0.2) is 12.1 Å². The van der Waals surface area contributed by atoms with Gasteiger partial charge in [-0.05, 0) is 49.5 Å². The van der Waals surface area contributed by atoms with Crippen molar-refractivity contribution < 1.29 is 14.6 Å². The molecule has 2 fully saturated rings. The average Bonchev–Trinajstić information content (AvgIpc) is 3.09. The summed E-state index contributed by atoms with van der Waals surface area (Å²) < 4.78 is 11.1. The van der Waals surface area contributed by atoms with Crippen molar-refractivity contribution in [1.82, 2.24) is 0 Å². The number of hydrogen-bond acceptors (Lipinski definition) is 3. The van der Waals surface area contributed by atoms with Crippen molar-refractivity contribution in [2.75, 3.05) is 13.2 Å². The molecule has 1 aromatic carbocycles. The Hall–Kier alpha value is -0.930. The minimum Gasteiger partial charge on any atom is -0.486 e. The Morgan fingerprint density at radius 3 is 2.57 bits per heavy atom. The first-order valence-electron chi connectivity index (χ1n) is 7.98. The van der Waals surface area contributed by atoms with Gasteiger partial charge in [-0.15, -0.1) is 0 Å². The maximum absolute atomic E-state index is 10.6. The highest BCUT2D eigenvalue weighted by Crippen LogP contribution is 2.51. The minimum atomic E-state index is -0.502. The van der Waals surface area contributed by atoms with E-state index in [1.807, 2.05) is 6.07 Å². The third-order valence-electron chi connectivity index (χ3n) is 5.43. The average molecular weight is 309 g/mol. The van der Waals surface area contributed by atoms with Crippen LogP contribution >= 0.6 is 11.6 Å². The Morgan fingerprint density at radius 1 is 1.14 bits per heavy atom. The molecule has 4 atom stereocenters. The van der Waals surface area contributed by atoms with Crippen LogP contribution in [-0.2, 0) is 0 Å². The number of hydrogen-bond donors (Lipinski definition) is 1. The van der Waals surface area contributed by atoms with Crippen molar-refractivity contribution in [2.24, 2.45) is 17.8 Å². The van der Waals surface area contributed by atoms with E-state index in [1.165, 1.54) is 25.7 Å². The molecule has 0 amide bonds. The summed E-state index contributed by atoms with van der Waals surface area (Å²) in [6, 6.07) is 3.63. The van der Waals surface area contributed by atoms with Crippen LogP contribution in [-0.4, -0.2) is 18.3 Å². The van der Waals surface area contributed by atoms with Crippen molar-refractivity contribution in [1.29, 1.82) is 0 Å². The van der Waals surface area contributed by atoms with Crippen molar-refractivity contribution in [2.45, 2.75) is 38.2 Å². The number of aliphatic hydroxyl groups excluding tert-OH is 1. The van der Waals surface area contributed by atoms with Crippen molar-refractivity contribution in [3.05, 3.63) is 22.7 Å². The number of fused-ring (bicyclic) bond motifs is 3. The highest BCUT2D eigenvalue weighted by molar-refractivity contribution is 6.31. The SMILES string of the molecule is OC(CC1CC2CCC1C2)c1cc2c(cc1Cl)OCCO2. The van der Waals surface area contributed by atoms with Crippen molar-refractivity contribution >= 4 is 11.6 Å². The molecule has 0 radical (unpaired) electrons. The first-order valence-corrected chi connectivity index (χ1v) is 8.35. The van der Waals surface area contributed by atoms with Gasteiger partial charge in [0.05, 0.1) is 11.1 Å². The molecule has 0 saturated heterocycles. The smallest absolute Gasteiger partial charge is 0.162 e. The van der Waals surface area contributed by atoms with Crippen molar-refractivity contribution in [3.63, 3.8) is 0 Å². The number of halogens is 1. The zero-order chi connectivity index (χ0) is 14.4. The van der Waals surface area contributed by atoms with Crippen LogP contribution < -0.4 is 9.47 Å². The minimum absolute atomic E-state index is 0.502. The summed E-state index contributed by atoms with van der Waals surface area (Å²) in [5, 5.41) is 11.2. The maximum atomic E-state index is 10.6. The first kappa shape index (κ1) is 13.7. The van der Waals surface area contributed by atoms with Crippen LogP contribution in [0.1, 0.15) is 43.8 Å². The Kier molecular flexibility index (Phi) is 3.50. The molecule has 2 saturated carbocycles. The third kappa shape index (κ3) is 2.51. The zero-order valence-corrected chi connectivity index (χ0v) is 12.8. The Bertz CT molecular complexity index is 545. The molecule has 1 N–H and O–H groups in total. The molecule has 3 nitrogen and oxygen atoms in total. The molecule has 1 aromatic rings. The molecule has 1 heterocycles. The molecule has 21 heavy (non-hydrogen) atoms. The van der Waals surface area contributed by atoms with E-state index in [1.54, 1.807) is 6.07 Å². The predicted molar refractivity (Wildman–Crippen MR) is 81.0 cm³/mol. The predicted octanol–water partition coefficient (Wildman–Crippen LogP) is 3.97. The molecule has 4 unspecified atom stereocenters. The fourth-order valence-corrected chi connectivity index (χ4v) is 4.69. The molecular weight excluding hydrogens is 288 g/mol. The van der Waals surface area contributed by atoms with Crippen LogP contribution in [0, 0.1) is 17.8 Å². The molecule has 3 aliphatic rings. The first-order chi connectivity index (χ1) is 10.2. The fraction of sp³-hybridized carbons (Fsp3) is 0.647. The molecule has 2 bridgehead atoms. The normalized spacial score (nSPS) is 31.4. The highest BCUT2D eigenvalue weighted by Gasteiger charge is 2.40. The monoisotopic (exact) mass is 308 g/mol. The second-order valence-corrected chi connectivity index (χ2v) is 7.11. The summed E-state index contributed by atoms with van der Waals surface area (Å²) in [6.45, 7) is 1.10. The lowest BCUT2D eigenvalue weighted by molar-refractivity contribution is 0.124. The third-order valence-corrected chi connectivity index (χ3v) is 5.76. The van der Waals surface area contributed by atoms with E-state index in [0.29, 0.717) is 35.7 Å². The van der Waals surface area contributed by atoms with E-state index in [4.69, 9.17) is 21.1 Å². The van der Waals surface area contributed by atoms with Crippen LogP contribution in [0.25, 0.3) is 0 Å². The number of ether oxygens (including phenoxy) is 2. The topological polar surface area (TPSA) is 38.7 Å². The van der Waals surface area contributed by atoms with Crippen LogP contribution in [0.3, 0.4) is 0 Å². The standard InChI is InChI=1S/C17H21ClO3/c18-14-9-17-16(20-3-4-21-17)8-13(14)15(19)7-12-6-10-1-2-11(12)5-10/h8-12,15,19H,1-7H2. The molecule has 0 spiro atoms. The van der Waals surface area contributed by atoms with E-state index in [-0.39, 0.29) is 0 Å². The van der Waals surface area contributed by atoms with Crippen molar-refractivity contribution in [3.8, 4) is 11.5 Å². The summed E-state index contributed by atoms with van der Waals surface area (Å²) >= 11 is 6.33. The van der Waals surface area contributed by atoms with E-state index in [0.717, 1.165) is 23.8 Å². The Labute approximate surface area is 130 Å². The number of benzene rings is 1. The molecule has 4 rings (SSSR count). The summed E-state index contributed by atoms with van der Waals surface area (Å²) in [4.78, 5) is 0. The lowest BCUT2D eigenvalue weighted by Crippen LogP contribution is -2.17. The van der Waals surface area contributed by atoms with Gasteiger partial charge in [0.15, 0.2) is 11.5 Å². The molecule has 2 aliphatic carbocycles. The quantitative estimate of drug-likeness (QED) is 0.918. The fourth-order valence-electron chi connectivity index (χ4n) is 4.41. The van der Waals surface area contributed by atoms with Gasteiger partial charge in [-0.3, -0.25) is 0 Å². The van der Waals surface area contributed by atoms with E-state index in [9.17, 15) is 5.11 Å². The van der Waals surface area contributed by atoms with E-state index >= 15 is 0 Å². The Morgan fingerprint density at radius 2 is 1.90 bits per heavy atom. The van der Waals surface area contributed by atoms with Gasteiger partial charge >= 0.3 is 0 Å². The summed E-state index contributed by atoms with van der Waals surface area (Å²) in [6.07, 6.45) is 5.70. The lowest BCUT2D eigenvalue weighted by atomic mass is 9.83. The van der Waals surface area contributed by atoms with Gasteiger partial charge in [-0.1, -0.05) is 18.0 Å². The highest BCUT2D eigenvalue weighted by atomic mass is 35.5. The van der Waals surface area contributed by atoms with Gasteiger partial charge in [0, 0.05) is 11.6 Å². The van der Waals surface area contributed by atoms with E-state index in [2.05, 4.69) is 0 Å². The van der Waals surface area contributed by atoms with E-state index < -0.39 is 6.10 Å². The number of aliphatic hydroxyl groups is 1. The molecule has 114 valence electrons. The maximum Gasteiger partial charge on any atom is 0.162 e. The van der Waals surface area contributed by atoms with Gasteiger partial charge in [0.2, 0.25) is 0 Å². The van der Waals surface area contributed by atoms with Gasteiger partial charge < -0.3 is 14.6 Å². The Balaban J connectivity index is 1.52. The molecule has 0 aromatic heterocycles. The summed E-state index contributed by atoms with van der Waals surface area (Å²) in [5.41, 5.74) is 0.781. The largest absolute Gasteiger partial charge is 0.486 e. The van der Waals surface area contributed by atoms with Gasteiger partial charge in [-0.25, -0.2) is 0 Å². The molecule has 1 aliphatic heterocycles. The van der Waals surface area contributed by atoms with Gasteiger partial charge in [0.1, 0.15) is 13.2 Å². The summed E-state index contributed by atoms with van der Waals surface area (Å²) in [7, 11) is 0. The number of rotatable bonds is 3. The van der Waals surface area contributed by atoms with Crippen LogP contribution in [0.5, 0.6) is 11.5 Å². The van der Waals surface area contributed by atoms with Gasteiger partial charge in [-0.2, -0.15) is 0 Å². The molecule has 4 heteroatoms. The van der Waals surface area contributed by atoms with Crippen LogP contribution in [0.4, 0.5) is 0 Å². The molecular formula is C17H21ClO3.